The molecule has 0 unspecified atom stereocenters. The zero-order valence-electron chi connectivity index (χ0n) is 16.2. The van der Waals surface area contributed by atoms with E-state index in [0.717, 1.165) is 86.5 Å². The number of hydrogen-bond acceptors (Lipinski definition) is 6. The van der Waals surface area contributed by atoms with Crippen molar-refractivity contribution in [3.63, 3.8) is 0 Å². The topological polar surface area (TPSA) is 75.4 Å². The number of para-hydroxylation sites is 1. The molecule has 1 fully saturated rings. The quantitative estimate of drug-likeness (QED) is 0.669. The summed E-state index contributed by atoms with van der Waals surface area (Å²) in [5.41, 5.74) is 4.43. The molecule has 2 N–H and O–H groups in total. The first kappa shape index (κ1) is 18.7. The number of fused-ring (bicyclic) bond motifs is 2. The van der Waals surface area contributed by atoms with Gasteiger partial charge in [-0.05, 0) is 25.3 Å². The number of halogens is 1. The predicted octanol–water partition coefficient (Wildman–Crippen LogP) is 3.04. The van der Waals surface area contributed by atoms with E-state index in [2.05, 4.69) is 10.2 Å². The summed E-state index contributed by atoms with van der Waals surface area (Å²) in [5.74, 6) is 0.639. The summed E-state index contributed by atoms with van der Waals surface area (Å²) in [4.78, 5) is 11.9. The zero-order valence-corrected chi connectivity index (χ0v) is 17.0. The third kappa shape index (κ3) is 3.43. The number of nitrogens with zero attached hydrogens (tertiary/aromatic N) is 4. The van der Waals surface area contributed by atoms with E-state index in [1.807, 2.05) is 24.3 Å². The number of rotatable bonds is 5. The van der Waals surface area contributed by atoms with E-state index in [1.165, 1.54) is 4.09 Å². The molecular weight excluding hydrogens is 390 g/mol. The van der Waals surface area contributed by atoms with Gasteiger partial charge < -0.3 is 15.2 Å². The minimum absolute atomic E-state index is 0.0277. The molecule has 0 bridgehead atoms. The highest BCUT2D eigenvalue weighted by molar-refractivity contribution is 6.22. The highest BCUT2D eigenvalue weighted by Gasteiger charge is 2.26. The molecule has 1 aromatic carbocycles. The van der Waals surface area contributed by atoms with Crippen LogP contribution in [0.3, 0.4) is 0 Å². The molecule has 1 aliphatic heterocycles. The zero-order chi connectivity index (χ0) is 19.8. The largest absolute Gasteiger partial charge is 0.493 e. The number of hydrogen-bond donors (Lipinski definition) is 2. The molecule has 7 nitrogen and oxygen atoms in total. The first-order valence-electron chi connectivity index (χ1n) is 10.1. The molecule has 0 spiro atoms. The van der Waals surface area contributed by atoms with Crippen LogP contribution in [0.5, 0.6) is 5.88 Å². The number of morpholine rings is 1. The van der Waals surface area contributed by atoms with Crippen molar-refractivity contribution < 1.29 is 9.84 Å². The van der Waals surface area contributed by atoms with E-state index in [9.17, 15) is 5.11 Å². The average molecular weight is 414 g/mol. The summed E-state index contributed by atoms with van der Waals surface area (Å²) in [6, 6.07) is 7.73. The summed E-state index contributed by atoms with van der Waals surface area (Å²) in [5, 5.41) is 15.1. The normalized spacial score (nSPS) is 17.0. The van der Waals surface area contributed by atoms with Crippen molar-refractivity contribution in [2.45, 2.75) is 19.3 Å². The van der Waals surface area contributed by atoms with Crippen molar-refractivity contribution >= 4 is 28.6 Å². The van der Waals surface area contributed by atoms with Gasteiger partial charge in [0.2, 0.25) is 11.8 Å². The predicted molar refractivity (Wildman–Crippen MR) is 114 cm³/mol. The van der Waals surface area contributed by atoms with Gasteiger partial charge in [-0.3, -0.25) is 4.90 Å². The summed E-state index contributed by atoms with van der Waals surface area (Å²) in [7, 11) is 0. The third-order valence-electron chi connectivity index (χ3n) is 5.78. The van der Waals surface area contributed by atoms with Gasteiger partial charge in [0.05, 0.1) is 30.0 Å². The molecule has 1 saturated heterocycles. The number of nitrogens with one attached hydrogen (secondary N) is 1. The highest BCUT2D eigenvalue weighted by atomic mass is 35.5. The summed E-state index contributed by atoms with van der Waals surface area (Å²) in [6.45, 7) is 5.19. The van der Waals surface area contributed by atoms with Gasteiger partial charge in [-0.15, -0.1) is 0 Å². The Bertz CT molecular complexity index is 1050. The molecular formula is C21H24ClN5O2. The first-order valence-corrected chi connectivity index (χ1v) is 10.5. The molecule has 5 rings (SSSR count). The van der Waals surface area contributed by atoms with Crippen LogP contribution in [0.4, 0.5) is 5.95 Å². The lowest BCUT2D eigenvalue weighted by Gasteiger charge is -2.26. The molecule has 0 amide bonds. The van der Waals surface area contributed by atoms with E-state index < -0.39 is 0 Å². The number of aryl methyl sites for hydroxylation is 1. The molecule has 0 radical (unpaired) electrons. The van der Waals surface area contributed by atoms with Crippen molar-refractivity contribution in [2.24, 2.45) is 0 Å². The lowest BCUT2D eigenvalue weighted by molar-refractivity contribution is 0.0398. The number of aromatic nitrogens is 3. The summed E-state index contributed by atoms with van der Waals surface area (Å²) >= 11 is 6.35. The van der Waals surface area contributed by atoms with Gasteiger partial charge in [0.15, 0.2) is 0 Å². The van der Waals surface area contributed by atoms with E-state index in [1.54, 1.807) is 0 Å². The second-order valence-corrected chi connectivity index (χ2v) is 7.89. The van der Waals surface area contributed by atoms with Gasteiger partial charge >= 0.3 is 0 Å². The summed E-state index contributed by atoms with van der Waals surface area (Å²) in [6.07, 6.45) is 2.90. The van der Waals surface area contributed by atoms with Crippen molar-refractivity contribution in [3.8, 4) is 17.1 Å². The van der Waals surface area contributed by atoms with Crippen molar-refractivity contribution in [2.75, 3.05) is 44.7 Å². The smallest absolute Gasteiger partial charge is 0.223 e. The Morgan fingerprint density at radius 3 is 2.83 bits per heavy atom. The van der Waals surface area contributed by atoms with Crippen molar-refractivity contribution in [1.82, 2.24) is 19.0 Å². The fourth-order valence-electron chi connectivity index (χ4n) is 4.29. The maximum Gasteiger partial charge on any atom is 0.223 e. The van der Waals surface area contributed by atoms with Gasteiger partial charge in [0.25, 0.3) is 0 Å². The number of ether oxygens (including phenoxy) is 1. The van der Waals surface area contributed by atoms with Gasteiger partial charge in [-0.2, -0.15) is 0 Å². The van der Waals surface area contributed by atoms with E-state index in [0.29, 0.717) is 11.5 Å². The molecule has 152 valence electrons. The Labute approximate surface area is 174 Å². The lowest BCUT2D eigenvalue weighted by Crippen LogP contribution is -2.39. The van der Waals surface area contributed by atoms with Gasteiger partial charge in [0.1, 0.15) is 0 Å². The molecule has 3 aromatic rings. The Hall–Kier alpha value is -2.35. The number of aromatic hydroxyl groups is 1. The fraction of sp³-hybridized carbons (Fsp3) is 0.429. The van der Waals surface area contributed by atoms with Gasteiger partial charge in [-0.25, -0.2) is 14.1 Å². The average Bonchev–Trinajstić information content (AvgIpc) is 3.32. The lowest BCUT2D eigenvalue weighted by atomic mass is 10.0. The van der Waals surface area contributed by atoms with E-state index >= 15 is 0 Å². The third-order valence-corrected chi connectivity index (χ3v) is 6.12. The van der Waals surface area contributed by atoms with Gasteiger partial charge in [0, 0.05) is 54.6 Å². The van der Waals surface area contributed by atoms with E-state index in [-0.39, 0.29) is 5.88 Å². The van der Waals surface area contributed by atoms with Crippen LogP contribution in [0.25, 0.3) is 22.2 Å². The highest BCUT2D eigenvalue weighted by Crippen LogP contribution is 2.42. The molecule has 3 heterocycles. The first-order chi connectivity index (χ1) is 14.2. The fourth-order valence-corrected chi connectivity index (χ4v) is 4.52. The minimum Gasteiger partial charge on any atom is -0.493 e. The second kappa shape index (κ2) is 7.82. The Kier molecular flexibility index (Phi) is 5.03. The number of anilines is 1. The molecule has 1 aliphatic carbocycles. The van der Waals surface area contributed by atoms with Crippen LogP contribution >= 0.6 is 11.8 Å². The van der Waals surface area contributed by atoms with Crippen LogP contribution in [0, 0.1) is 0 Å². The molecule has 0 atom stereocenters. The van der Waals surface area contributed by atoms with Crippen LogP contribution in [0.1, 0.15) is 17.7 Å². The Morgan fingerprint density at radius 1 is 1.14 bits per heavy atom. The van der Waals surface area contributed by atoms with Crippen LogP contribution in [0.15, 0.2) is 24.3 Å². The number of benzene rings is 1. The van der Waals surface area contributed by atoms with Gasteiger partial charge in [-0.1, -0.05) is 18.2 Å². The van der Waals surface area contributed by atoms with Crippen LogP contribution < -0.4 is 5.32 Å². The Morgan fingerprint density at radius 2 is 1.97 bits per heavy atom. The molecule has 2 aromatic heterocycles. The van der Waals surface area contributed by atoms with E-state index in [4.69, 9.17) is 26.5 Å². The standard InChI is InChI=1S/C21H24ClN5O2/c22-27-17-7-2-1-4-15(17)18(20(27)28)19-14-5-3-6-16(14)24-21(25-19)23-8-9-26-10-12-29-13-11-26/h1-2,4,7,28H,3,5-6,8-13H2,(H,23,24,25). The molecule has 0 saturated carbocycles. The molecule has 8 heteroatoms. The van der Waals surface area contributed by atoms with Crippen LogP contribution in [-0.4, -0.2) is 63.5 Å². The molecule has 29 heavy (non-hydrogen) atoms. The maximum absolute atomic E-state index is 10.8. The van der Waals surface area contributed by atoms with Crippen LogP contribution in [-0.2, 0) is 17.6 Å². The molecule has 2 aliphatic rings. The monoisotopic (exact) mass is 413 g/mol. The SMILES string of the molecule is Oc1c(-c2nc(NCCN3CCOCC3)nc3c2CCC3)c2ccccc2n1Cl. The maximum atomic E-state index is 10.8. The minimum atomic E-state index is 0.0277. The van der Waals surface area contributed by atoms with Crippen LogP contribution in [0.2, 0.25) is 0 Å². The Balaban J connectivity index is 1.48. The van der Waals surface area contributed by atoms with Crippen molar-refractivity contribution in [3.05, 3.63) is 35.5 Å². The van der Waals surface area contributed by atoms with Crippen molar-refractivity contribution in [1.29, 1.82) is 0 Å². The second-order valence-electron chi connectivity index (χ2n) is 7.55. The summed E-state index contributed by atoms with van der Waals surface area (Å²) < 4.78 is 6.71.